The minimum atomic E-state index is 0.643. The SMILES string of the molecule is c1ccc(N2CCC(NCCc3ccco3)CC2)cc1. The fourth-order valence-corrected chi connectivity index (χ4v) is 2.83. The van der Waals surface area contributed by atoms with Crippen LogP contribution in [0.3, 0.4) is 0 Å². The van der Waals surface area contributed by atoms with Gasteiger partial charge in [0, 0.05) is 37.8 Å². The van der Waals surface area contributed by atoms with Gasteiger partial charge in [0.2, 0.25) is 0 Å². The molecule has 1 N–H and O–H groups in total. The number of para-hydroxylation sites is 1. The van der Waals surface area contributed by atoms with Crippen molar-refractivity contribution in [1.29, 1.82) is 0 Å². The van der Waals surface area contributed by atoms with Gasteiger partial charge >= 0.3 is 0 Å². The Hall–Kier alpha value is -1.74. The zero-order valence-corrected chi connectivity index (χ0v) is 11.8. The maximum absolute atomic E-state index is 5.35. The number of anilines is 1. The third-order valence-corrected chi connectivity index (χ3v) is 4.00. The second-order valence-electron chi connectivity index (χ2n) is 5.38. The second kappa shape index (κ2) is 6.62. The van der Waals surface area contributed by atoms with Gasteiger partial charge in [-0.05, 0) is 37.1 Å². The number of nitrogens with one attached hydrogen (secondary N) is 1. The lowest BCUT2D eigenvalue weighted by atomic mass is 10.0. The topological polar surface area (TPSA) is 28.4 Å². The summed E-state index contributed by atoms with van der Waals surface area (Å²) in [5.74, 6) is 1.07. The molecular weight excluding hydrogens is 248 g/mol. The summed E-state index contributed by atoms with van der Waals surface area (Å²) < 4.78 is 5.35. The van der Waals surface area contributed by atoms with Crippen molar-refractivity contribution in [3.63, 3.8) is 0 Å². The molecule has 0 unspecified atom stereocenters. The van der Waals surface area contributed by atoms with Crippen LogP contribution in [0.2, 0.25) is 0 Å². The Morgan fingerprint density at radius 2 is 1.85 bits per heavy atom. The number of hydrogen-bond donors (Lipinski definition) is 1. The van der Waals surface area contributed by atoms with E-state index in [-0.39, 0.29) is 0 Å². The van der Waals surface area contributed by atoms with Gasteiger partial charge in [0.15, 0.2) is 0 Å². The third-order valence-electron chi connectivity index (χ3n) is 4.00. The average molecular weight is 270 g/mol. The van der Waals surface area contributed by atoms with Crippen molar-refractivity contribution in [2.45, 2.75) is 25.3 Å². The first kappa shape index (κ1) is 13.3. The molecule has 1 aliphatic rings. The van der Waals surface area contributed by atoms with Crippen molar-refractivity contribution in [3.8, 4) is 0 Å². The first-order valence-electron chi connectivity index (χ1n) is 7.47. The summed E-state index contributed by atoms with van der Waals surface area (Å²) in [6, 6.07) is 15.3. The first-order chi connectivity index (χ1) is 9.92. The number of nitrogens with zero attached hydrogens (tertiary/aromatic N) is 1. The lowest BCUT2D eigenvalue weighted by molar-refractivity contribution is 0.408. The highest BCUT2D eigenvalue weighted by molar-refractivity contribution is 5.46. The van der Waals surface area contributed by atoms with E-state index in [0.717, 1.165) is 31.8 Å². The van der Waals surface area contributed by atoms with Gasteiger partial charge in [0.1, 0.15) is 5.76 Å². The predicted octanol–water partition coefficient (Wildman–Crippen LogP) is 3.08. The van der Waals surface area contributed by atoms with E-state index in [0.29, 0.717) is 6.04 Å². The van der Waals surface area contributed by atoms with Crippen LogP contribution in [0.1, 0.15) is 18.6 Å². The number of hydrogen-bond acceptors (Lipinski definition) is 3. The molecule has 0 radical (unpaired) electrons. The Labute approximate surface area is 120 Å². The highest BCUT2D eigenvalue weighted by atomic mass is 16.3. The molecule has 0 amide bonds. The monoisotopic (exact) mass is 270 g/mol. The summed E-state index contributed by atoms with van der Waals surface area (Å²) in [7, 11) is 0. The lowest BCUT2D eigenvalue weighted by Crippen LogP contribution is -2.43. The Morgan fingerprint density at radius 1 is 1.05 bits per heavy atom. The summed E-state index contributed by atoms with van der Waals surface area (Å²) in [6.45, 7) is 3.29. The zero-order valence-electron chi connectivity index (χ0n) is 11.8. The number of piperidine rings is 1. The van der Waals surface area contributed by atoms with E-state index in [1.165, 1.54) is 18.5 Å². The summed E-state index contributed by atoms with van der Waals surface area (Å²) in [6.07, 6.45) is 5.15. The van der Waals surface area contributed by atoms with Gasteiger partial charge in [-0.2, -0.15) is 0 Å². The molecule has 3 rings (SSSR count). The van der Waals surface area contributed by atoms with Crippen LogP contribution >= 0.6 is 0 Å². The quantitative estimate of drug-likeness (QED) is 0.905. The molecular formula is C17H22N2O. The summed E-state index contributed by atoms with van der Waals surface area (Å²) >= 11 is 0. The van der Waals surface area contributed by atoms with Gasteiger partial charge in [-0.3, -0.25) is 0 Å². The van der Waals surface area contributed by atoms with Crippen LogP contribution < -0.4 is 10.2 Å². The molecule has 3 heteroatoms. The highest BCUT2D eigenvalue weighted by Crippen LogP contribution is 2.19. The van der Waals surface area contributed by atoms with Crippen molar-refractivity contribution in [3.05, 3.63) is 54.5 Å². The zero-order chi connectivity index (χ0) is 13.6. The predicted molar refractivity (Wildman–Crippen MR) is 82.1 cm³/mol. The molecule has 20 heavy (non-hydrogen) atoms. The van der Waals surface area contributed by atoms with Gasteiger partial charge in [-0.25, -0.2) is 0 Å². The minimum Gasteiger partial charge on any atom is -0.469 e. The van der Waals surface area contributed by atoms with E-state index >= 15 is 0 Å². The molecule has 0 bridgehead atoms. The Morgan fingerprint density at radius 3 is 2.55 bits per heavy atom. The van der Waals surface area contributed by atoms with Crippen LogP contribution in [0.15, 0.2) is 53.1 Å². The molecule has 1 aromatic carbocycles. The van der Waals surface area contributed by atoms with Crippen molar-refractivity contribution in [1.82, 2.24) is 5.32 Å². The molecule has 3 nitrogen and oxygen atoms in total. The van der Waals surface area contributed by atoms with E-state index in [1.807, 2.05) is 12.1 Å². The normalized spacial score (nSPS) is 16.5. The molecule has 0 aliphatic carbocycles. The second-order valence-corrected chi connectivity index (χ2v) is 5.38. The van der Waals surface area contributed by atoms with Crippen LogP contribution in [-0.4, -0.2) is 25.7 Å². The molecule has 1 aliphatic heterocycles. The molecule has 1 aromatic heterocycles. The Balaban J connectivity index is 1.40. The van der Waals surface area contributed by atoms with Crippen LogP contribution in [0.5, 0.6) is 0 Å². The van der Waals surface area contributed by atoms with E-state index in [9.17, 15) is 0 Å². The number of rotatable bonds is 5. The van der Waals surface area contributed by atoms with Crippen LogP contribution in [-0.2, 0) is 6.42 Å². The molecule has 1 saturated heterocycles. The van der Waals surface area contributed by atoms with E-state index in [4.69, 9.17) is 4.42 Å². The van der Waals surface area contributed by atoms with E-state index in [1.54, 1.807) is 6.26 Å². The first-order valence-corrected chi connectivity index (χ1v) is 7.47. The maximum Gasteiger partial charge on any atom is 0.105 e. The van der Waals surface area contributed by atoms with Crippen molar-refractivity contribution in [2.75, 3.05) is 24.5 Å². The molecule has 0 spiro atoms. The van der Waals surface area contributed by atoms with Crippen LogP contribution in [0.4, 0.5) is 5.69 Å². The molecule has 1 fully saturated rings. The number of furan rings is 1. The maximum atomic E-state index is 5.35. The fraction of sp³-hybridized carbons (Fsp3) is 0.412. The summed E-state index contributed by atoms with van der Waals surface area (Å²) in [5.41, 5.74) is 1.35. The molecule has 106 valence electrons. The number of benzene rings is 1. The van der Waals surface area contributed by atoms with Gasteiger partial charge in [-0.1, -0.05) is 18.2 Å². The lowest BCUT2D eigenvalue weighted by Gasteiger charge is -2.34. The standard InChI is InChI=1S/C17H22N2O/c1-2-5-16(6-3-1)19-12-9-15(10-13-19)18-11-8-17-7-4-14-20-17/h1-7,14-15,18H,8-13H2. The van der Waals surface area contributed by atoms with Crippen molar-refractivity contribution >= 4 is 5.69 Å². The highest BCUT2D eigenvalue weighted by Gasteiger charge is 2.18. The van der Waals surface area contributed by atoms with Gasteiger partial charge < -0.3 is 14.6 Å². The van der Waals surface area contributed by atoms with Gasteiger partial charge in [0.05, 0.1) is 6.26 Å². The van der Waals surface area contributed by atoms with Crippen LogP contribution in [0.25, 0.3) is 0 Å². The van der Waals surface area contributed by atoms with Crippen LogP contribution in [0, 0.1) is 0 Å². The summed E-state index contributed by atoms with van der Waals surface area (Å²) in [5, 5.41) is 3.65. The molecule has 2 aromatic rings. The largest absolute Gasteiger partial charge is 0.469 e. The minimum absolute atomic E-state index is 0.643. The van der Waals surface area contributed by atoms with Gasteiger partial charge in [-0.15, -0.1) is 0 Å². The van der Waals surface area contributed by atoms with Crippen molar-refractivity contribution < 1.29 is 4.42 Å². The van der Waals surface area contributed by atoms with Gasteiger partial charge in [0.25, 0.3) is 0 Å². The Bertz CT molecular complexity index is 487. The van der Waals surface area contributed by atoms with E-state index < -0.39 is 0 Å². The summed E-state index contributed by atoms with van der Waals surface area (Å²) in [4.78, 5) is 2.48. The average Bonchev–Trinajstić information content (AvgIpc) is 3.02. The third kappa shape index (κ3) is 3.42. The molecule has 2 heterocycles. The van der Waals surface area contributed by atoms with E-state index in [2.05, 4.69) is 40.5 Å². The molecule has 0 saturated carbocycles. The van der Waals surface area contributed by atoms with Crippen molar-refractivity contribution in [2.24, 2.45) is 0 Å². The fourth-order valence-electron chi connectivity index (χ4n) is 2.83. The smallest absolute Gasteiger partial charge is 0.105 e. The Kier molecular flexibility index (Phi) is 4.38. The molecule has 0 atom stereocenters.